The predicted octanol–water partition coefficient (Wildman–Crippen LogP) is 4.12. The van der Waals surface area contributed by atoms with Gasteiger partial charge in [-0.05, 0) is 60.7 Å². The van der Waals surface area contributed by atoms with E-state index < -0.39 is 23.6 Å². The average molecular weight is 392 g/mol. The third-order valence-electron chi connectivity index (χ3n) is 4.03. The first kappa shape index (κ1) is 19.8. The summed E-state index contributed by atoms with van der Waals surface area (Å²) in [6.45, 7) is 0. The van der Waals surface area contributed by atoms with Crippen molar-refractivity contribution in [2.24, 2.45) is 0 Å². The van der Waals surface area contributed by atoms with Crippen LogP contribution in [0.25, 0.3) is 0 Å². The van der Waals surface area contributed by atoms with Gasteiger partial charge in [-0.25, -0.2) is 9.18 Å². The van der Waals surface area contributed by atoms with Crippen LogP contribution in [0.1, 0.15) is 31.1 Å². The maximum absolute atomic E-state index is 13.2. The van der Waals surface area contributed by atoms with Gasteiger partial charge in [-0.15, -0.1) is 0 Å². The van der Waals surface area contributed by atoms with Gasteiger partial charge in [-0.3, -0.25) is 9.59 Å². The smallest absolute Gasteiger partial charge is 0.337 e. The quantitative estimate of drug-likeness (QED) is 0.640. The van der Waals surface area contributed by atoms with Gasteiger partial charge in [0.1, 0.15) is 5.82 Å². The van der Waals surface area contributed by atoms with Gasteiger partial charge in [0.2, 0.25) is 0 Å². The summed E-state index contributed by atoms with van der Waals surface area (Å²) in [6.07, 6.45) is 0. The molecule has 0 fully saturated rings. The minimum atomic E-state index is -0.505. The Morgan fingerprint density at radius 3 is 1.76 bits per heavy atom. The fourth-order valence-corrected chi connectivity index (χ4v) is 2.59. The molecule has 3 aromatic carbocycles. The van der Waals surface area contributed by atoms with Crippen LogP contribution in [0.4, 0.5) is 15.8 Å². The molecular weight excluding hydrogens is 375 g/mol. The predicted molar refractivity (Wildman–Crippen MR) is 107 cm³/mol. The van der Waals surface area contributed by atoms with E-state index in [0.717, 1.165) is 0 Å². The number of rotatable bonds is 5. The Kier molecular flexibility index (Phi) is 5.99. The van der Waals surface area contributed by atoms with Gasteiger partial charge in [0.25, 0.3) is 11.8 Å². The van der Waals surface area contributed by atoms with Crippen molar-refractivity contribution in [3.8, 4) is 0 Å². The highest BCUT2D eigenvalue weighted by Crippen LogP contribution is 2.15. The van der Waals surface area contributed by atoms with Crippen LogP contribution in [0.15, 0.2) is 72.8 Å². The molecule has 3 rings (SSSR count). The second-order valence-electron chi connectivity index (χ2n) is 6.07. The van der Waals surface area contributed by atoms with Gasteiger partial charge < -0.3 is 15.4 Å². The Bertz CT molecular complexity index is 1060. The van der Waals surface area contributed by atoms with Crippen molar-refractivity contribution in [3.63, 3.8) is 0 Å². The van der Waals surface area contributed by atoms with Crippen LogP contribution in [0.5, 0.6) is 0 Å². The second kappa shape index (κ2) is 8.79. The van der Waals surface area contributed by atoms with Crippen molar-refractivity contribution in [3.05, 3.63) is 95.3 Å². The van der Waals surface area contributed by atoms with E-state index in [9.17, 15) is 18.8 Å². The van der Waals surface area contributed by atoms with Crippen LogP contribution in [-0.4, -0.2) is 24.9 Å². The molecule has 29 heavy (non-hydrogen) atoms. The third-order valence-corrected chi connectivity index (χ3v) is 4.03. The number of halogens is 1. The lowest BCUT2D eigenvalue weighted by Crippen LogP contribution is -2.14. The van der Waals surface area contributed by atoms with Gasteiger partial charge in [-0.1, -0.05) is 12.1 Å². The number of benzene rings is 3. The lowest BCUT2D eigenvalue weighted by Gasteiger charge is -2.08. The maximum atomic E-state index is 13.2. The Morgan fingerprint density at radius 1 is 0.724 bits per heavy atom. The van der Waals surface area contributed by atoms with Crippen molar-refractivity contribution < 1.29 is 23.5 Å². The van der Waals surface area contributed by atoms with E-state index in [-0.39, 0.29) is 0 Å². The summed E-state index contributed by atoms with van der Waals surface area (Å²) in [4.78, 5) is 36.2. The zero-order valence-corrected chi connectivity index (χ0v) is 15.4. The zero-order valence-electron chi connectivity index (χ0n) is 15.4. The summed E-state index contributed by atoms with van der Waals surface area (Å²) in [6, 6.07) is 17.9. The molecule has 0 aliphatic carbocycles. The van der Waals surface area contributed by atoms with Crippen LogP contribution in [-0.2, 0) is 4.74 Å². The van der Waals surface area contributed by atoms with Crippen LogP contribution in [0.2, 0.25) is 0 Å². The Balaban J connectivity index is 1.67. The van der Waals surface area contributed by atoms with Crippen molar-refractivity contribution in [2.75, 3.05) is 17.7 Å². The number of anilines is 2. The molecule has 0 aromatic heterocycles. The van der Waals surface area contributed by atoms with E-state index in [1.807, 2.05) is 0 Å². The van der Waals surface area contributed by atoms with E-state index in [1.165, 1.54) is 55.6 Å². The van der Waals surface area contributed by atoms with Crippen molar-refractivity contribution >= 4 is 29.2 Å². The number of carbonyl (C=O) groups is 3. The summed E-state index contributed by atoms with van der Waals surface area (Å²) in [5.41, 5.74) is 1.73. The normalized spacial score (nSPS) is 10.1. The van der Waals surface area contributed by atoms with E-state index in [0.29, 0.717) is 28.1 Å². The van der Waals surface area contributed by atoms with Gasteiger partial charge in [0, 0.05) is 22.5 Å². The topological polar surface area (TPSA) is 84.5 Å². The number of hydrogen-bond acceptors (Lipinski definition) is 4. The lowest BCUT2D eigenvalue weighted by molar-refractivity contribution is 0.0600. The number of methoxy groups -OCH3 is 1. The van der Waals surface area contributed by atoms with Crippen LogP contribution in [0, 0.1) is 5.82 Å². The van der Waals surface area contributed by atoms with Crippen LogP contribution >= 0.6 is 0 Å². The SMILES string of the molecule is COC(=O)c1cccc(NC(=O)c2ccc(C(=O)Nc3cccc(F)c3)cc2)c1. The Hall–Kier alpha value is -4.00. The Labute approximate surface area is 166 Å². The van der Waals surface area contributed by atoms with E-state index in [4.69, 9.17) is 0 Å². The molecule has 0 saturated carbocycles. The molecule has 0 atom stereocenters. The zero-order chi connectivity index (χ0) is 20.8. The average Bonchev–Trinajstić information content (AvgIpc) is 2.73. The summed E-state index contributed by atoms with van der Waals surface area (Å²) < 4.78 is 17.9. The highest BCUT2D eigenvalue weighted by molar-refractivity contribution is 6.07. The molecule has 2 amide bonds. The minimum absolute atomic E-state index is 0.315. The molecule has 0 unspecified atom stereocenters. The van der Waals surface area contributed by atoms with Crippen molar-refractivity contribution in [2.45, 2.75) is 0 Å². The largest absolute Gasteiger partial charge is 0.465 e. The van der Waals surface area contributed by atoms with Gasteiger partial charge in [0.05, 0.1) is 12.7 Å². The molecule has 0 bridgehead atoms. The molecule has 2 N–H and O–H groups in total. The number of ether oxygens (including phenoxy) is 1. The monoisotopic (exact) mass is 392 g/mol. The summed E-state index contributed by atoms with van der Waals surface area (Å²) >= 11 is 0. The fourth-order valence-electron chi connectivity index (χ4n) is 2.59. The molecule has 6 nitrogen and oxygen atoms in total. The molecule has 0 aliphatic heterocycles. The number of amides is 2. The third kappa shape index (κ3) is 5.04. The second-order valence-corrected chi connectivity index (χ2v) is 6.07. The molecular formula is C22H17FN2O4. The highest BCUT2D eigenvalue weighted by atomic mass is 19.1. The summed E-state index contributed by atoms with van der Waals surface area (Å²) in [5.74, 6) is -1.78. The van der Waals surface area contributed by atoms with E-state index in [2.05, 4.69) is 15.4 Å². The lowest BCUT2D eigenvalue weighted by atomic mass is 10.1. The molecule has 0 radical (unpaired) electrons. The number of hydrogen-bond donors (Lipinski definition) is 2. The number of nitrogens with one attached hydrogen (secondary N) is 2. The highest BCUT2D eigenvalue weighted by Gasteiger charge is 2.11. The molecule has 0 spiro atoms. The minimum Gasteiger partial charge on any atom is -0.465 e. The van der Waals surface area contributed by atoms with Gasteiger partial charge >= 0.3 is 5.97 Å². The summed E-state index contributed by atoms with van der Waals surface area (Å²) in [7, 11) is 1.28. The number of esters is 1. The molecule has 7 heteroatoms. The van der Waals surface area contributed by atoms with Crippen LogP contribution in [0.3, 0.4) is 0 Å². The first-order valence-corrected chi connectivity index (χ1v) is 8.63. The molecule has 146 valence electrons. The fraction of sp³-hybridized carbons (Fsp3) is 0.0455. The van der Waals surface area contributed by atoms with Crippen molar-refractivity contribution in [1.82, 2.24) is 0 Å². The molecule has 0 aliphatic rings. The van der Waals surface area contributed by atoms with E-state index >= 15 is 0 Å². The first-order chi connectivity index (χ1) is 14.0. The first-order valence-electron chi connectivity index (χ1n) is 8.63. The molecule has 0 saturated heterocycles. The van der Waals surface area contributed by atoms with Gasteiger partial charge in [0.15, 0.2) is 0 Å². The Morgan fingerprint density at radius 2 is 1.24 bits per heavy atom. The molecule has 0 heterocycles. The van der Waals surface area contributed by atoms with E-state index in [1.54, 1.807) is 24.3 Å². The maximum Gasteiger partial charge on any atom is 0.337 e. The van der Waals surface area contributed by atoms with Crippen LogP contribution < -0.4 is 10.6 Å². The standard InChI is InChI=1S/C22H17FN2O4/c1-29-22(28)16-4-2-6-18(12-16)24-20(26)14-8-10-15(11-9-14)21(27)25-19-7-3-5-17(23)13-19/h2-13H,1H3,(H,24,26)(H,25,27). The van der Waals surface area contributed by atoms with Crippen molar-refractivity contribution in [1.29, 1.82) is 0 Å². The summed E-state index contributed by atoms with van der Waals surface area (Å²) in [5, 5.41) is 5.27. The molecule has 3 aromatic rings. The number of carbonyl (C=O) groups excluding carboxylic acids is 3. The van der Waals surface area contributed by atoms with Gasteiger partial charge in [-0.2, -0.15) is 0 Å².